The summed E-state index contributed by atoms with van der Waals surface area (Å²) in [5, 5.41) is 0. The fourth-order valence-corrected chi connectivity index (χ4v) is 4.05. The molecule has 2 nitrogen and oxygen atoms in total. The average molecular weight is 369 g/mol. The van der Waals surface area contributed by atoms with Gasteiger partial charge >= 0.3 is 0 Å². The SMILES string of the molecule is CCCCCCC(=O)C(=O)c1ccc(Sc2c(C)cc(C)cc2C)cc1. The van der Waals surface area contributed by atoms with Gasteiger partial charge in [0.05, 0.1) is 0 Å². The Morgan fingerprint density at radius 3 is 2.08 bits per heavy atom. The van der Waals surface area contributed by atoms with Gasteiger partial charge in [-0.25, -0.2) is 0 Å². The zero-order chi connectivity index (χ0) is 19.1. The zero-order valence-corrected chi connectivity index (χ0v) is 17.0. The predicted octanol–water partition coefficient (Wildman–Crippen LogP) is 6.49. The molecule has 0 aliphatic rings. The van der Waals surface area contributed by atoms with E-state index in [1.807, 2.05) is 12.1 Å². The number of aryl methyl sites for hydroxylation is 3. The lowest BCUT2D eigenvalue weighted by Crippen LogP contribution is -2.13. The maximum absolute atomic E-state index is 12.3. The molecule has 3 heteroatoms. The Hall–Kier alpha value is -1.87. The van der Waals surface area contributed by atoms with Gasteiger partial charge in [-0.05, 0) is 62.6 Å². The van der Waals surface area contributed by atoms with Crippen molar-refractivity contribution in [3.05, 3.63) is 58.7 Å². The van der Waals surface area contributed by atoms with Crippen molar-refractivity contribution in [2.45, 2.75) is 69.6 Å². The first-order valence-electron chi connectivity index (χ1n) is 9.35. The molecule has 26 heavy (non-hydrogen) atoms. The molecule has 0 spiro atoms. The van der Waals surface area contributed by atoms with Crippen molar-refractivity contribution in [1.82, 2.24) is 0 Å². The van der Waals surface area contributed by atoms with Crippen LogP contribution in [0.2, 0.25) is 0 Å². The molecule has 0 aliphatic heterocycles. The minimum absolute atomic E-state index is 0.272. The van der Waals surface area contributed by atoms with Crippen LogP contribution in [0.3, 0.4) is 0 Å². The van der Waals surface area contributed by atoms with E-state index in [1.54, 1.807) is 23.9 Å². The highest BCUT2D eigenvalue weighted by molar-refractivity contribution is 7.99. The summed E-state index contributed by atoms with van der Waals surface area (Å²) in [7, 11) is 0. The van der Waals surface area contributed by atoms with Crippen LogP contribution in [0, 0.1) is 20.8 Å². The van der Waals surface area contributed by atoms with Gasteiger partial charge in [-0.3, -0.25) is 9.59 Å². The monoisotopic (exact) mass is 368 g/mol. The molecule has 0 fully saturated rings. The van der Waals surface area contributed by atoms with Gasteiger partial charge in [-0.15, -0.1) is 0 Å². The van der Waals surface area contributed by atoms with Crippen LogP contribution in [0.15, 0.2) is 46.2 Å². The third kappa shape index (κ3) is 5.57. The van der Waals surface area contributed by atoms with Crippen LogP contribution in [0.4, 0.5) is 0 Å². The zero-order valence-electron chi connectivity index (χ0n) is 16.2. The fourth-order valence-electron chi connectivity index (χ4n) is 3.11. The van der Waals surface area contributed by atoms with E-state index in [4.69, 9.17) is 0 Å². The molecule has 0 saturated carbocycles. The van der Waals surface area contributed by atoms with Crippen LogP contribution < -0.4 is 0 Å². The van der Waals surface area contributed by atoms with E-state index >= 15 is 0 Å². The van der Waals surface area contributed by atoms with Crippen molar-refractivity contribution in [2.75, 3.05) is 0 Å². The molecule has 0 unspecified atom stereocenters. The number of carbonyl (C=O) groups excluding carboxylic acids is 2. The molecule has 0 aromatic heterocycles. The van der Waals surface area contributed by atoms with E-state index in [2.05, 4.69) is 39.8 Å². The highest BCUT2D eigenvalue weighted by Gasteiger charge is 2.15. The van der Waals surface area contributed by atoms with Crippen molar-refractivity contribution >= 4 is 23.3 Å². The predicted molar refractivity (Wildman–Crippen MR) is 109 cm³/mol. The molecule has 0 radical (unpaired) electrons. The van der Waals surface area contributed by atoms with Gasteiger partial charge in [0.2, 0.25) is 11.6 Å². The first kappa shape index (κ1) is 20.4. The summed E-state index contributed by atoms with van der Waals surface area (Å²) >= 11 is 1.70. The molecule has 0 heterocycles. The van der Waals surface area contributed by atoms with Gasteiger partial charge in [0.1, 0.15) is 0 Å². The summed E-state index contributed by atoms with van der Waals surface area (Å²) in [5.74, 6) is -0.632. The van der Waals surface area contributed by atoms with Gasteiger partial charge in [-0.2, -0.15) is 0 Å². The molecule has 0 amide bonds. The van der Waals surface area contributed by atoms with Crippen LogP contribution in [0.1, 0.15) is 66.1 Å². The molecule has 0 bridgehead atoms. The van der Waals surface area contributed by atoms with Crippen molar-refractivity contribution in [2.24, 2.45) is 0 Å². The molecule has 2 aromatic rings. The second kappa shape index (κ2) is 9.72. The van der Waals surface area contributed by atoms with Crippen LogP contribution in [0.5, 0.6) is 0 Å². The summed E-state index contributed by atoms with van der Waals surface area (Å²) in [6, 6.07) is 11.8. The number of Topliss-reactive ketones (excluding diaryl/α,β-unsaturated/α-hetero) is 2. The number of hydrogen-bond donors (Lipinski definition) is 0. The molecule has 0 saturated heterocycles. The molecule has 0 N–H and O–H groups in total. The first-order valence-corrected chi connectivity index (χ1v) is 10.2. The van der Waals surface area contributed by atoms with E-state index in [0.717, 1.165) is 30.6 Å². The number of unbranched alkanes of at least 4 members (excludes halogenated alkanes) is 3. The number of carbonyl (C=O) groups is 2. The standard InChI is InChI=1S/C23H28O2S/c1-5-6-7-8-9-21(24)22(25)19-10-12-20(13-11-19)26-23-17(3)14-16(2)15-18(23)4/h10-15H,5-9H2,1-4H3. The Morgan fingerprint density at radius 2 is 1.50 bits per heavy atom. The second-order valence-electron chi connectivity index (χ2n) is 6.92. The van der Waals surface area contributed by atoms with Crippen molar-refractivity contribution < 1.29 is 9.59 Å². The normalized spacial score (nSPS) is 10.8. The quantitative estimate of drug-likeness (QED) is 0.288. The molecule has 0 aliphatic carbocycles. The number of rotatable bonds is 9. The van der Waals surface area contributed by atoms with Crippen molar-refractivity contribution in [3.63, 3.8) is 0 Å². The topological polar surface area (TPSA) is 34.1 Å². The maximum atomic E-state index is 12.3. The third-order valence-corrected chi connectivity index (χ3v) is 5.81. The lowest BCUT2D eigenvalue weighted by atomic mass is 10.0. The largest absolute Gasteiger partial charge is 0.290 e. The second-order valence-corrected chi connectivity index (χ2v) is 8.00. The lowest BCUT2D eigenvalue weighted by Gasteiger charge is -2.11. The summed E-state index contributed by atoms with van der Waals surface area (Å²) in [6.45, 7) is 8.48. The van der Waals surface area contributed by atoms with Crippen LogP contribution in [0.25, 0.3) is 0 Å². The minimum Gasteiger partial charge on any atom is -0.290 e. The molecule has 2 aromatic carbocycles. The number of ketones is 2. The maximum Gasteiger partial charge on any atom is 0.228 e. The molecule has 138 valence electrons. The highest BCUT2D eigenvalue weighted by atomic mass is 32.2. The van der Waals surface area contributed by atoms with E-state index in [1.165, 1.54) is 21.6 Å². The number of benzene rings is 2. The van der Waals surface area contributed by atoms with Gasteiger partial charge < -0.3 is 0 Å². The van der Waals surface area contributed by atoms with Crippen molar-refractivity contribution in [3.8, 4) is 0 Å². The number of hydrogen-bond acceptors (Lipinski definition) is 3. The van der Waals surface area contributed by atoms with E-state index in [9.17, 15) is 9.59 Å². The summed E-state index contributed by atoms with van der Waals surface area (Å²) in [4.78, 5) is 26.6. The van der Waals surface area contributed by atoms with Crippen LogP contribution >= 0.6 is 11.8 Å². The molecule has 0 atom stereocenters. The fraction of sp³-hybridized carbons (Fsp3) is 0.391. The molecule has 2 rings (SSSR count). The summed E-state index contributed by atoms with van der Waals surface area (Å²) in [6.07, 6.45) is 4.42. The van der Waals surface area contributed by atoms with Crippen LogP contribution in [-0.4, -0.2) is 11.6 Å². The Labute approximate surface area is 161 Å². The highest BCUT2D eigenvalue weighted by Crippen LogP contribution is 2.33. The van der Waals surface area contributed by atoms with E-state index in [0.29, 0.717) is 12.0 Å². The Bertz CT molecular complexity index is 752. The van der Waals surface area contributed by atoms with Crippen LogP contribution in [-0.2, 0) is 4.79 Å². The molecular weight excluding hydrogens is 340 g/mol. The van der Waals surface area contributed by atoms with Gasteiger partial charge in [0, 0.05) is 21.8 Å². The van der Waals surface area contributed by atoms with Gasteiger partial charge in [-0.1, -0.05) is 55.6 Å². The summed E-state index contributed by atoms with van der Waals surface area (Å²) in [5.41, 5.74) is 4.28. The van der Waals surface area contributed by atoms with Gasteiger partial charge in [0.25, 0.3) is 0 Å². The lowest BCUT2D eigenvalue weighted by molar-refractivity contribution is -0.115. The van der Waals surface area contributed by atoms with E-state index in [-0.39, 0.29) is 11.6 Å². The first-order chi connectivity index (χ1) is 12.4. The minimum atomic E-state index is -0.360. The average Bonchev–Trinajstić information content (AvgIpc) is 2.61. The summed E-state index contributed by atoms with van der Waals surface area (Å²) < 4.78 is 0. The Balaban J connectivity index is 2.02. The third-order valence-electron chi connectivity index (χ3n) is 4.45. The van der Waals surface area contributed by atoms with Gasteiger partial charge in [0.15, 0.2) is 0 Å². The Morgan fingerprint density at radius 1 is 0.885 bits per heavy atom. The van der Waals surface area contributed by atoms with E-state index < -0.39 is 0 Å². The molecular formula is C23H28O2S. The van der Waals surface area contributed by atoms with Crippen molar-refractivity contribution in [1.29, 1.82) is 0 Å². The smallest absolute Gasteiger partial charge is 0.228 e. The Kier molecular flexibility index (Phi) is 7.65.